The molecule has 3 N–H and O–H groups in total. The largest absolute Gasteiger partial charge is 0.355 e. The van der Waals surface area contributed by atoms with Crippen molar-refractivity contribution >= 4 is 23.2 Å². The van der Waals surface area contributed by atoms with Crippen molar-refractivity contribution in [2.24, 2.45) is 5.92 Å². The molecule has 0 unspecified atom stereocenters. The van der Waals surface area contributed by atoms with Gasteiger partial charge in [0.15, 0.2) is 0 Å². The van der Waals surface area contributed by atoms with Gasteiger partial charge in [0.1, 0.15) is 0 Å². The van der Waals surface area contributed by atoms with Crippen LogP contribution in [0.4, 0.5) is 11.4 Å². The highest BCUT2D eigenvalue weighted by Crippen LogP contribution is 2.25. The lowest BCUT2D eigenvalue weighted by Crippen LogP contribution is -2.36. The van der Waals surface area contributed by atoms with E-state index in [-0.39, 0.29) is 17.7 Å². The van der Waals surface area contributed by atoms with E-state index in [1.807, 2.05) is 44.2 Å². The fraction of sp³-hybridized carbons (Fsp3) is 0.333. The third-order valence-corrected chi connectivity index (χ3v) is 4.28. The van der Waals surface area contributed by atoms with Crippen molar-refractivity contribution in [2.75, 3.05) is 18.4 Å². The van der Waals surface area contributed by atoms with E-state index in [4.69, 9.17) is 0 Å². The highest BCUT2D eigenvalue weighted by molar-refractivity contribution is 6.00. The normalized spacial score (nSPS) is 10.5. The molecule has 0 saturated carbocycles. The summed E-state index contributed by atoms with van der Waals surface area (Å²) in [5, 5.41) is 9.00. The maximum atomic E-state index is 12.5. The molecular weight excluding hydrogens is 326 g/mol. The van der Waals surface area contributed by atoms with Crippen LogP contribution in [0.5, 0.6) is 0 Å². The van der Waals surface area contributed by atoms with Crippen LogP contribution >= 0.6 is 0 Å². The number of hydrogen-bond acceptors (Lipinski definition) is 3. The molecule has 26 heavy (non-hydrogen) atoms. The molecule has 2 rings (SSSR count). The molecule has 0 aliphatic carbocycles. The number of nitrogens with one attached hydrogen (secondary N) is 3. The topological polar surface area (TPSA) is 70.2 Å². The predicted molar refractivity (Wildman–Crippen MR) is 106 cm³/mol. The standard InChI is InChI=1S/C21H27N3O2/c1-14(2)20(25)22-12-13-23-21(26)17-9-5-6-10-19(17)24-18-11-7-8-15(3)16(18)4/h5-11,14,24H,12-13H2,1-4H3,(H,22,25)(H,23,26). The lowest BCUT2D eigenvalue weighted by Gasteiger charge is -2.15. The third kappa shape index (κ3) is 5.09. The molecule has 2 amide bonds. The van der Waals surface area contributed by atoms with Crippen LogP contribution in [-0.2, 0) is 4.79 Å². The summed E-state index contributed by atoms with van der Waals surface area (Å²) in [6.07, 6.45) is 0. The number of rotatable bonds is 7. The SMILES string of the molecule is Cc1cccc(Nc2ccccc2C(=O)NCCNC(=O)C(C)C)c1C. The van der Waals surface area contributed by atoms with Crippen molar-refractivity contribution in [3.05, 3.63) is 59.2 Å². The highest BCUT2D eigenvalue weighted by Gasteiger charge is 2.12. The van der Waals surface area contributed by atoms with E-state index in [0.717, 1.165) is 16.9 Å². The van der Waals surface area contributed by atoms with Crippen molar-refractivity contribution < 1.29 is 9.59 Å². The molecule has 0 bridgehead atoms. The second-order valence-electron chi connectivity index (χ2n) is 6.62. The summed E-state index contributed by atoms with van der Waals surface area (Å²) in [7, 11) is 0. The third-order valence-electron chi connectivity index (χ3n) is 4.28. The Balaban J connectivity index is 2.03. The molecule has 0 spiro atoms. The maximum absolute atomic E-state index is 12.5. The van der Waals surface area contributed by atoms with Gasteiger partial charge in [-0.3, -0.25) is 9.59 Å². The maximum Gasteiger partial charge on any atom is 0.253 e. The second-order valence-corrected chi connectivity index (χ2v) is 6.62. The molecule has 0 aromatic heterocycles. The van der Waals surface area contributed by atoms with Crippen molar-refractivity contribution in [1.29, 1.82) is 0 Å². The summed E-state index contributed by atoms with van der Waals surface area (Å²) < 4.78 is 0. The van der Waals surface area contributed by atoms with Crippen LogP contribution < -0.4 is 16.0 Å². The van der Waals surface area contributed by atoms with Gasteiger partial charge in [0.05, 0.1) is 11.3 Å². The molecule has 0 heterocycles. The van der Waals surface area contributed by atoms with Gasteiger partial charge >= 0.3 is 0 Å². The molecule has 2 aromatic rings. The minimum absolute atomic E-state index is 0.0174. The molecule has 0 aliphatic heterocycles. The van der Waals surface area contributed by atoms with Crippen LogP contribution in [0.1, 0.15) is 35.3 Å². The number of hydrogen-bond donors (Lipinski definition) is 3. The minimum atomic E-state index is -0.169. The van der Waals surface area contributed by atoms with E-state index in [2.05, 4.69) is 35.9 Å². The summed E-state index contributed by atoms with van der Waals surface area (Å²) in [6, 6.07) is 13.5. The summed E-state index contributed by atoms with van der Waals surface area (Å²) >= 11 is 0. The Kier molecular flexibility index (Phi) is 6.78. The Morgan fingerprint density at radius 1 is 0.885 bits per heavy atom. The fourth-order valence-corrected chi connectivity index (χ4v) is 2.48. The van der Waals surface area contributed by atoms with Gasteiger partial charge in [-0.05, 0) is 43.2 Å². The zero-order valence-corrected chi connectivity index (χ0v) is 15.8. The van der Waals surface area contributed by atoms with Crippen LogP contribution in [-0.4, -0.2) is 24.9 Å². The van der Waals surface area contributed by atoms with Crippen LogP contribution in [0.15, 0.2) is 42.5 Å². The molecule has 2 aromatic carbocycles. The minimum Gasteiger partial charge on any atom is -0.355 e. The van der Waals surface area contributed by atoms with Gasteiger partial charge in [-0.15, -0.1) is 0 Å². The van der Waals surface area contributed by atoms with E-state index in [1.54, 1.807) is 6.07 Å². The number of anilines is 2. The molecule has 0 radical (unpaired) electrons. The second kappa shape index (κ2) is 9.04. The Bertz CT molecular complexity index is 785. The van der Waals surface area contributed by atoms with Crippen LogP contribution in [0.3, 0.4) is 0 Å². The lowest BCUT2D eigenvalue weighted by atomic mass is 10.1. The number of amides is 2. The van der Waals surface area contributed by atoms with Crippen molar-refractivity contribution in [2.45, 2.75) is 27.7 Å². The van der Waals surface area contributed by atoms with Crippen molar-refractivity contribution in [1.82, 2.24) is 10.6 Å². The summed E-state index contributed by atoms with van der Waals surface area (Å²) in [5.41, 5.74) is 4.65. The van der Waals surface area contributed by atoms with E-state index in [0.29, 0.717) is 18.7 Å². The molecule has 0 atom stereocenters. The number of aryl methyl sites for hydroxylation is 1. The number of benzene rings is 2. The van der Waals surface area contributed by atoms with Gasteiger partial charge in [0, 0.05) is 24.7 Å². The van der Waals surface area contributed by atoms with Gasteiger partial charge in [-0.25, -0.2) is 0 Å². The van der Waals surface area contributed by atoms with Gasteiger partial charge < -0.3 is 16.0 Å². The average Bonchev–Trinajstić information content (AvgIpc) is 2.62. The molecule has 0 aliphatic rings. The van der Waals surface area contributed by atoms with Gasteiger partial charge in [-0.1, -0.05) is 38.1 Å². The quantitative estimate of drug-likeness (QED) is 0.667. The molecule has 138 valence electrons. The summed E-state index contributed by atoms with van der Waals surface area (Å²) in [6.45, 7) is 8.58. The number of carbonyl (C=O) groups is 2. The fourth-order valence-electron chi connectivity index (χ4n) is 2.48. The first-order chi connectivity index (χ1) is 12.4. The predicted octanol–water partition coefficient (Wildman–Crippen LogP) is 3.55. The molecular formula is C21H27N3O2. The number of para-hydroxylation sites is 1. The molecule has 0 fully saturated rings. The summed E-state index contributed by atoms with van der Waals surface area (Å²) in [4.78, 5) is 24.1. The first kappa shape index (κ1) is 19.5. The van der Waals surface area contributed by atoms with Crippen LogP contribution in [0.25, 0.3) is 0 Å². The number of carbonyl (C=O) groups excluding carboxylic acids is 2. The van der Waals surface area contributed by atoms with Crippen molar-refractivity contribution in [3.8, 4) is 0 Å². The van der Waals surface area contributed by atoms with Crippen LogP contribution in [0.2, 0.25) is 0 Å². The Morgan fingerprint density at radius 2 is 1.54 bits per heavy atom. The van der Waals surface area contributed by atoms with Crippen LogP contribution in [0, 0.1) is 19.8 Å². The van der Waals surface area contributed by atoms with E-state index in [9.17, 15) is 9.59 Å². The van der Waals surface area contributed by atoms with Gasteiger partial charge in [0.2, 0.25) is 5.91 Å². The highest BCUT2D eigenvalue weighted by atomic mass is 16.2. The van der Waals surface area contributed by atoms with Gasteiger partial charge in [0.25, 0.3) is 5.91 Å². The molecule has 5 heteroatoms. The van der Waals surface area contributed by atoms with Crippen molar-refractivity contribution in [3.63, 3.8) is 0 Å². The van der Waals surface area contributed by atoms with E-state index >= 15 is 0 Å². The molecule has 0 saturated heterocycles. The van der Waals surface area contributed by atoms with E-state index in [1.165, 1.54) is 5.56 Å². The Morgan fingerprint density at radius 3 is 2.27 bits per heavy atom. The first-order valence-electron chi connectivity index (χ1n) is 8.88. The monoisotopic (exact) mass is 353 g/mol. The lowest BCUT2D eigenvalue weighted by molar-refractivity contribution is -0.123. The molecule has 5 nitrogen and oxygen atoms in total. The smallest absolute Gasteiger partial charge is 0.253 e. The first-order valence-corrected chi connectivity index (χ1v) is 8.88. The summed E-state index contributed by atoms with van der Waals surface area (Å²) in [5.74, 6) is -0.248. The zero-order chi connectivity index (χ0) is 19.1. The Labute approximate surface area is 155 Å². The van der Waals surface area contributed by atoms with Gasteiger partial charge in [-0.2, -0.15) is 0 Å². The average molecular weight is 353 g/mol. The van der Waals surface area contributed by atoms with E-state index < -0.39 is 0 Å². The zero-order valence-electron chi connectivity index (χ0n) is 15.8. The Hall–Kier alpha value is -2.82.